The molecular formula is C15H22BrF2NO2. The highest BCUT2D eigenvalue weighted by molar-refractivity contribution is 9.10. The van der Waals surface area contributed by atoms with Crippen LogP contribution in [0.25, 0.3) is 0 Å². The Balaban J connectivity index is 2.68. The number of nitrogens with one attached hydrogen (secondary N) is 1. The molecule has 1 atom stereocenters. The van der Waals surface area contributed by atoms with Gasteiger partial charge in [0.05, 0.1) is 24.3 Å². The summed E-state index contributed by atoms with van der Waals surface area (Å²) < 4.78 is 38.5. The number of ether oxygens (including phenoxy) is 2. The van der Waals surface area contributed by atoms with Gasteiger partial charge in [0, 0.05) is 18.7 Å². The molecule has 1 rings (SSSR count). The third kappa shape index (κ3) is 6.38. The van der Waals surface area contributed by atoms with Crippen molar-refractivity contribution in [3.63, 3.8) is 0 Å². The third-order valence-corrected chi connectivity index (χ3v) is 3.64. The Morgan fingerprint density at radius 3 is 2.71 bits per heavy atom. The lowest BCUT2D eigenvalue weighted by atomic mass is 10.0. The van der Waals surface area contributed by atoms with E-state index in [0.29, 0.717) is 19.8 Å². The molecule has 0 aliphatic rings. The predicted octanol–water partition coefficient (Wildman–Crippen LogP) is 3.30. The van der Waals surface area contributed by atoms with Crippen molar-refractivity contribution in [2.45, 2.75) is 25.8 Å². The molecule has 0 aliphatic heterocycles. The van der Waals surface area contributed by atoms with Gasteiger partial charge in [-0.25, -0.2) is 8.78 Å². The number of hydrogen-bond acceptors (Lipinski definition) is 3. The number of methoxy groups -OCH3 is 1. The summed E-state index contributed by atoms with van der Waals surface area (Å²) in [6.07, 6.45) is 1.18. The molecular weight excluding hydrogens is 344 g/mol. The minimum Gasteiger partial charge on any atom is -0.382 e. The Hall–Kier alpha value is -0.560. The molecule has 120 valence electrons. The van der Waals surface area contributed by atoms with E-state index in [-0.39, 0.29) is 22.5 Å². The van der Waals surface area contributed by atoms with Crippen LogP contribution in [0.3, 0.4) is 0 Å². The van der Waals surface area contributed by atoms with Crippen LogP contribution < -0.4 is 5.32 Å². The molecule has 1 aromatic rings. The van der Waals surface area contributed by atoms with Gasteiger partial charge < -0.3 is 14.8 Å². The molecule has 1 unspecified atom stereocenters. The first-order valence-electron chi connectivity index (χ1n) is 7.02. The van der Waals surface area contributed by atoms with Crippen LogP contribution in [-0.2, 0) is 15.9 Å². The topological polar surface area (TPSA) is 30.5 Å². The predicted molar refractivity (Wildman–Crippen MR) is 82.5 cm³/mol. The molecule has 0 aromatic heterocycles. The molecule has 0 fully saturated rings. The van der Waals surface area contributed by atoms with Crippen molar-refractivity contribution >= 4 is 15.9 Å². The largest absolute Gasteiger partial charge is 0.382 e. The number of rotatable bonds is 10. The smallest absolute Gasteiger partial charge is 0.143 e. The zero-order valence-electron chi connectivity index (χ0n) is 12.4. The van der Waals surface area contributed by atoms with Crippen LogP contribution in [0.2, 0.25) is 0 Å². The fraction of sp³-hybridized carbons (Fsp3) is 0.600. The van der Waals surface area contributed by atoms with Gasteiger partial charge in [0.2, 0.25) is 0 Å². The lowest BCUT2D eigenvalue weighted by molar-refractivity contribution is 0.0585. The van der Waals surface area contributed by atoms with Crippen molar-refractivity contribution in [1.29, 1.82) is 0 Å². The monoisotopic (exact) mass is 365 g/mol. The van der Waals surface area contributed by atoms with E-state index in [1.54, 1.807) is 7.11 Å². The van der Waals surface area contributed by atoms with Crippen molar-refractivity contribution in [3.8, 4) is 0 Å². The molecule has 0 bridgehead atoms. The van der Waals surface area contributed by atoms with E-state index >= 15 is 0 Å². The Bertz CT molecular complexity index is 432. The van der Waals surface area contributed by atoms with Crippen molar-refractivity contribution in [2.75, 3.05) is 33.5 Å². The van der Waals surface area contributed by atoms with Gasteiger partial charge >= 0.3 is 0 Å². The maximum absolute atomic E-state index is 14.0. The summed E-state index contributed by atoms with van der Waals surface area (Å²) in [5.74, 6) is -1.08. The van der Waals surface area contributed by atoms with Gasteiger partial charge in [0.15, 0.2) is 0 Å². The van der Waals surface area contributed by atoms with E-state index in [9.17, 15) is 8.78 Å². The van der Waals surface area contributed by atoms with Crippen LogP contribution in [-0.4, -0.2) is 39.5 Å². The number of halogens is 3. The highest BCUT2D eigenvalue weighted by Gasteiger charge is 2.17. The van der Waals surface area contributed by atoms with Gasteiger partial charge in [0.1, 0.15) is 11.6 Å². The average Bonchev–Trinajstić information content (AvgIpc) is 2.48. The van der Waals surface area contributed by atoms with E-state index in [0.717, 1.165) is 13.0 Å². The standard InChI is InChI=1S/C15H22BrF2NO2/c1-3-6-19-11(10-21-8-7-20-2)9-12-14(17)5-4-13(16)15(12)18/h4-5,11,19H,3,6-10H2,1-2H3. The van der Waals surface area contributed by atoms with Gasteiger partial charge in [-0.1, -0.05) is 6.92 Å². The molecule has 3 nitrogen and oxygen atoms in total. The van der Waals surface area contributed by atoms with Crippen LogP contribution in [0.5, 0.6) is 0 Å². The van der Waals surface area contributed by atoms with E-state index in [1.807, 2.05) is 6.92 Å². The molecule has 21 heavy (non-hydrogen) atoms. The first-order valence-corrected chi connectivity index (χ1v) is 7.81. The van der Waals surface area contributed by atoms with Gasteiger partial charge in [-0.05, 0) is 47.4 Å². The van der Waals surface area contributed by atoms with Gasteiger partial charge in [-0.15, -0.1) is 0 Å². The second-order valence-electron chi connectivity index (χ2n) is 4.74. The molecule has 1 N–H and O–H groups in total. The summed E-state index contributed by atoms with van der Waals surface area (Å²) >= 11 is 3.09. The summed E-state index contributed by atoms with van der Waals surface area (Å²) in [7, 11) is 1.60. The summed E-state index contributed by atoms with van der Waals surface area (Å²) in [5, 5.41) is 3.25. The summed E-state index contributed by atoms with van der Waals surface area (Å²) in [5.41, 5.74) is 0.0771. The van der Waals surface area contributed by atoms with Gasteiger partial charge in [0.25, 0.3) is 0 Å². The molecule has 0 aliphatic carbocycles. The molecule has 0 amide bonds. The first kappa shape index (κ1) is 18.5. The van der Waals surface area contributed by atoms with E-state index in [2.05, 4.69) is 21.2 Å². The second kappa shape index (κ2) is 10.2. The molecule has 0 spiro atoms. The summed E-state index contributed by atoms with van der Waals surface area (Å²) in [6.45, 7) is 4.16. The van der Waals surface area contributed by atoms with Crippen molar-refractivity contribution in [3.05, 3.63) is 33.8 Å². The fourth-order valence-electron chi connectivity index (χ4n) is 1.91. The zero-order valence-corrected chi connectivity index (χ0v) is 14.0. The lowest BCUT2D eigenvalue weighted by Gasteiger charge is -2.19. The normalized spacial score (nSPS) is 12.6. The minimum absolute atomic E-state index is 0.0771. The molecule has 0 saturated carbocycles. The summed E-state index contributed by atoms with van der Waals surface area (Å²) in [6, 6.07) is 2.50. The highest BCUT2D eigenvalue weighted by Crippen LogP contribution is 2.22. The maximum atomic E-state index is 14.0. The quantitative estimate of drug-likeness (QED) is 0.509. The van der Waals surface area contributed by atoms with Gasteiger partial charge in [-0.3, -0.25) is 0 Å². The number of benzene rings is 1. The average molecular weight is 366 g/mol. The molecule has 0 heterocycles. The van der Waals surface area contributed by atoms with Crippen LogP contribution >= 0.6 is 15.9 Å². The van der Waals surface area contributed by atoms with Crippen molar-refractivity contribution in [1.82, 2.24) is 5.32 Å². The molecule has 1 aromatic carbocycles. The highest BCUT2D eigenvalue weighted by atomic mass is 79.9. The molecule has 6 heteroatoms. The van der Waals surface area contributed by atoms with Gasteiger partial charge in [-0.2, -0.15) is 0 Å². The zero-order chi connectivity index (χ0) is 15.7. The van der Waals surface area contributed by atoms with Crippen molar-refractivity contribution < 1.29 is 18.3 Å². The van der Waals surface area contributed by atoms with Crippen LogP contribution in [0.4, 0.5) is 8.78 Å². The first-order chi connectivity index (χ1) is 10.1. The minimum atomic E-state index is -0.546. The lowest BCUT2D eigenvalue weighted by Crippen LogP contribution is -2.37. The molecule has 0 radical (unpaired) electrons. The van der Waals surface area contributed by atoms with E-state index in [1.165, 1.54) is 12.1 Å². The van der Waals surface area contributed by atoms with Crippen LogP contribution in [0.15, 0.2) is 16.6 Å². The second-order valence-corrected chi connectivity index (χ2v) is 5.60. The Morgan fingerprint density at radius 2 is 2.05 bits per heavy atom. The van der Waals surface area contributed by atoms with Crippen molar-refractivity contribution in [2.24, 2.45) is 0 Å². The fourth-order valence-corrected chi connectivity index (χ4v) is 2.28. The van der Waals surface area contributed by atoms with E-state index in [4.69, 9.17) is 9.47 Å². The SMILES string of the molecule is CCCNC(COCCOC)Cc1c(F)ccc(Br)c1F. The van der Waals surface area contributed by atoms with E-state index < -0.39 is 11.6 Å². The Labute approximate surface area is 133 Å². The summed E-state index contributed by atoms with van der Waals surface area (Å²) in [4.78, 5) is 0. The Morgan fingerprint density at radius 1 is 1.29 bits per heavy atom. The number of hydrogen-bond donors (Lipinski definition) is 1. The van der Waals surface area contributed by atoms with Crippen LogP contribution in [0.1, 0.15) is 18.9 Å². The van der Waals surface area contributed by atoms with Crippen LogP contribution in [0, 0.1) is 11.6 Å². The Kier molecular flexibility index (Phi) is 8.99. The maximum Gasteiger partial charge on any atom is 0.143 e. The third-order valence-electron chi connectivity index (χ3n) is 3.02. The molecule has 0 saturated heterocycles.